The van der Waals surface area contributed by atoms with Gasteiger partial charge in [-0.1, -0.05) is 34.1 Å². The van der Waals surface area contributed by atoms with E-state index in [0.29, 0.717) is 31.3 Å². The van der Waals surface area contributed by atoms with Crippen molar-refractivity contribution in [1.29, 1.82) is 0 Å². The number of anilines is 1. The maximum absolute atomic E-state index is 13.3. The molecule has 0 aromatic heterocycles. The summed E-state index contributed by atoms with van der Waals surface area (Å²) in [5.74, 6) is 1.54. The fourth-order valence-corrected chi connectivity index (χ4v) is 4.59. The maximum atomic E-state index is 13.3. The van der Waals surface area contributed by atoms with Gasteiger partial charge in [0, 0.05) is 18.8 Å². The van der Waals surface area contributed by atoms with Crippen LogP contribution >= 0.6 is 0 Å². The Morgan fingerprint density at radius 3 is 2.19 bits per heavy atom. The minimum Gasteiger partial charge on any atom is -0.494 e. The van der Waals surface area contributed by atoms with Crippen molar-refractivity contribution in [1.82, 2.24) is 4.90 Å². The highest BCUT2D eigenvalue weighted by Gasteiger charge is 2.40. The molecule has 1 aliphatic rings. The summed E-state index contributed by atoms with van der Waals surface area (Å²) in [7, 11) is 0. The van der Waals surface area contributed by atoms with Crippen LogP contribution in [0, 0.1) is 11.8 Å². The molecule has 2 rings (SSSR count). The summed E-state index contributed by atoms with van der Waals surface area (Å²) < 4.78 is 12.0. The Morgan fingerprint density at radius 2 is 1.65 bits per heavy atom. The Kier molecular flexibility index (Phi) is 10.8. The second-order valence-corrected chi connectivity index (χ2v) is 9.71. The van der Waals surface area contributed by atoms with Crippen LogP contribution in [0.1, 0.15) is 73.1 Å². The van der Waals surface area contributed by atoms with Crippen LogP contribution in [-0.2, 0) is 9.53 Å². The predicted octanol–water partition coefficient (Wildman–Crippen LogP) is 5.75. The second-order valence-electron chi connectivity index (χ2n) is 9.71. The molecule has 0 atom stereocenters. The van der Waals surface area contributed by atoms with Crippen LogP contribution in [0.3, 0.4) is 0 Å². The zero-order valence-electron chi connectivity index (χ0n) is 20.4. The van der Waals surface area contributed by atoms with Crippen molar-refractivity contribution in [2.75, 3.05) is 38.2 Å². The quantitative estimate of drug-likeness (QED) is 0.403. The Bertz CT molecular complexity index is 627. The van der Waals surface area contributed by atoms with Gasteiger partial charge in [0.2, 0.25) is 0 Å². The van der Waals surface area contributed by atoms with Crippen LogP contribution in [0.25, 0.3) is 0 Å². The lowest BCUT2D eigenvalue weighted by atomic mass is 9.83. The summed E-state index contributed by atoms with van der Waals surface area (Å²) in [6, 6.07) is 7.70. The molecular formula is C26H44N2O3. The van der Waals surface area contributed by atoms with Gasteiger partial charge >= 0.3 is 0 Å². The van der Waals surface area contributed by atoms with Crippen LogP contribution in [0.5, 0.6) is 5.75 Å². The number of benzene rings is 1. The average Bonchev–Trinajstić information content (AvgIpc) is 2.72. The number of amides is 1. The monoisotopic (exact) mass is 432 g/mol. The lowest BCUT2D eigenvalue weighted by molar-refractivity contribution is -0.146. The number of hydrogen-bond acceptors (Lipinski definition) is 4. The first-order valence-corrected chi connectivity index (χ1v) is 12.2. The Morgan fingerprint density at radius 1 is 1.03 bits per heavy atom. The Balaban J connectivity index is 1.89. The van der Waals surface area contributed by atoms with E-state index in [9.17, 15) is 4.79 Å². The lowest BCUT2D eigenvalue weighted by Crippen LogP contribution is -2.47. The number of ether oxygens (including phenoxy) is 2. The number of likely N-dealkylation sites (tertiary alicyclic amines) is 1. The fraction of sp³-hybridized carbons (Fsp3) is 0.731. The van der Waals surface area contributed by atoms with Gasteiger partial charge in [-0.3, -0.25) is 4.79 Å². The van der Waals surface area contributed by atoms with Gasteiger partial charge in [-0.25, -0.2) is 0 Å². The number of carbonyl (C=O) groups excluding carboxylic acids is 1. The Labute approximate surface area is 189 Å². The van der Waals surface area contributed by atoms with E-state index in [-0.39, 0.29) is 5.91 Å². The van der Waals surface area contributed by atoms with Crippen molar-refractivity contribution in [2.24, 2.45) is 11.8 Å². The number of piperidine rings is 1. The highest BCUT2D eigenvalue weighted by molar-refractivity contribution is 5.97. The summed E-state index contributed by atoms with van der Waals surface area (Å²) >= 11 is 0. The van der Waals surface area contributed by atoms with E-state index in [1.807, 2.05) is 31.2 Å². The number of carbonyl (C=O) groups is 1. The van der Waals surface area contributed by atoms with Crippen molar-refractivity contribution < 1.29 is 14.3 Å². The normalized spacial score (nSPS) is 15.5. The van der Waals surface area contributed by atoms with Gasteiger partial charge in [-0.05, 0) is 88.2 Å². The van der Waals surface area contributed by atoms with Crippen molar-refractivity contribution in [3.8, 4) is 5.75 Å². The van der Waals surface area contributed by atoms with Crippen LogP contribution < -0.4 is 10.1 Å². The molecule has 1 fully saturated rings. The number of rotatable bonds is 13. The third-order valence-electron chi connectivity index (χ3n) is 5.76. The van der Waals surface area contributed by atoms with E-state index < -0.39 is 5.60 Å². The first-order valence-electron chi connectivity index (χ1n) is 12.2. The van der Waals surface area contributed by atoms with Gasteiger partial charge in [0.15, 0.2) is 0 Å². The standard InChI is InChI=1S/C26H44N2O3/c1-6-31-26(19-21(2)3,20-22(4)5)25(29)27-23-11-13-24(14-12-23)30-18-10-17-28-15-8-7-9-16-28/h11-14,21-22H,6-10,15-20H2,1-5H3,(H,27,29). The summed E-state index contributed by atoms with van der Waals surface area (Å²) in [5.41, 5.74) is -0.0111. The molecule has 176 valence electrons. The molecule has 1 aromatic carbocycles. The molecule has 1 N–H and O–H groups in total. The molecule has 1 aromatic rings. The molecule has 1 saturated heterocycles. The molecule has 0 bridgehead atoms. The van der Waals surface area contributed by atoms with Gasteiger partial charge in [-0.15, -0.1) is 0 Å². The number of nitrogens with one attached hydrogen (secondary N) is 1. The smallest absolute Gasteiger partial charge is 0.256 e. The molecule has 0 radical (unpaired) electrons. The molecule has 31 heavy (non-hydrogen) atoms. The number of nitrogens with zero attached hydrogens (tertiary/aromatic N) is 1. The molecule has 5 nitrogen and oxygen atoms in total. The van der Waals surface area contributed by atoms with E-state index in [1.165, 1.54) is 32.4 Å². The third kappa shape index (κ3) is 8.82. The van der Waals surface area contributed by atoms with E-state index >= 15 is 0 Å². The second kappa shape index (κ2) is 13.1. The van der Waals surface area contributed by atoms with Crippen molar-refractivity contribution in [3.05, 3.63) is 24.3 Å². The van der Waals surface area contributed by atoms with E-state index in [4.69, 9.17) is 9.47 Å². The molecule has 0 aliphatic carbocycles. The molecule has 1 amide bonds. The third-order valence-corrected chi connectivity index (χ3v) is 5.76. The fourth-order valence-electron chi connectivity index (χ4n) is 4.59. The highest BCUT2D eigenvalue weighted by Crippen LogP contribution is 2.31. The SMILES string of the molecule is CCOC(CC(C)C)(CC(C)C)C(=O)Nc1ccc(OCCCN2CCCCC2)cc1. The average molecular weight is 433 g/mol. The van der Waals surface area contributed by atoms with Crippen LogP contribution in [-0.4, -0.2) is 49.3 Å². The zero-order valence-corrected chi connectivity index (χ0v) is 20.4. The van der Waals surface area contributed by atoms with Gasteiger partial charge in [0.1, 0.15) is 11.4 Å². The maximum Gasteiger partial charge on any atom is 0.256 e. The topological polar surface area (TPSA) is 50.8 Å². The first-order chi connectivity index (χ1) is 14.8. The van der Waals surface area contributed by atoms with Crippen molar-refractivity contribution >= 4 is 11.6 Å². The van der Waals surface area contributed by atoms with E-state index in [2.05, 4.69) is 37.9 Å². The van der Waals surface area contributed by atoms with E-state index in [0.717, 1.165) is 31.0 Å². The van der Waals surface area contributed by atoms with Gasteiger partial charge in [0.05, 0.1) is 6.61 Å². The summed E-state index contributed by atoms with van der Waals surface area (Å²) in [6.45, 7) is 15.3. The molecule has 5 heteroatoms. The molecule has 0 unspecified atom stereocenters. The molecule has 1 heterocycles. The van der Waals surface area contributed by atoms with Crippen LogP contribution in [0.4, 0.5) is 5.69 Å². The van der Waals surface area contributed by atoms with Gasteiger partial charge < -0.3 is 19.7 Å². The number of hydrogen-bond donors (Lipinski definition) is 1. The molecule has 0 spiro atoms. The summed E-state index contributed by atoms with van der Waals surface area (Å²) in [4.78, 5) is 15.8. The summed E-state index contributed by atoms with van der Waals surface area (Å²) in [6.07, 6.45) is 6.49. The minimum atomic E-state index is -0.791. The highest BCUT2D eigenvalue weighted by atomic mass is 16.5. The minimum absolute atomic E-state index is 0.0491. The van der Waals surface area contributed by atoms with Gasteiger partial charge in [-0.2, -0.15) is 0 Å². The first kappa shape index (κ1) is 25.7. The largest absolute Gasteiger partial charge is 0.494 e. The summed E-state index contributed by atoms with van der Waals surface area (Å²) in [5, 5.41) is 3.09. The zero-order chi connectivity index (χ0) is 22.7. The molecule has 1 aliphatic heterocycles. The van der Waals surface area contributed by atoms with Crippen LogP contribution in [0.15, 0.2) is 24.3 Å². The lowest BCUT2D eigenvalue weighted by Gasteiger charge is -2.35. The van der Waals surface area contributed by atoms with Crippen molar-refractivity contribution in [2.45, 2.75) is 78.7 Å². The molecule has 0 saturated carbocycles. The predicted molar refractivity (Wildman–Crippen MR) is 129 cm³/mol. The van der Waals surface area contributed by atoms with Crippen LogP contribution in [0.2, 0.25) is 0 Å². The Hall–Kier alpha value is -1.59. The molecular weight excluding hydrogens is 388 g/mol. The van der Waals surface area contributed by atoms with Crippen molar-refractivity contribution in [3.63, 3.8) is 0 Å². The van der Waals surface area contributed by atoms with E-state index in [1.54, 1.807) is 0 Å². The van der Waals surface area contributed by atoms with Gasteiger partial charge in [0.25, 0.3) is 5.91 Å².